The number of rotatable bonds is 2. The molecule has 144 valence electrons. The van der Waals surface area contributed by atoms with Crippen molar-refractivity contribution in [2.75, 3.05) is 13.1 Å². The molecule has 1 fully saturated rings. The highest BCUT2D eigenvalue weighted by atomic mass is 16.6. The number of hydrogen-bond acceptors (Lipinski definition) is 3. The summed E-state index contributed by atoms with van der Waals surface area (Å²) < 4.78 is 5.53. The number of amides is 2. The number of ether oxygens (including phenoxy) is 1. The fraction of sp³-hybridized carbons (Fsp3) is 0.619. The van der Waals surface area contributed by atoms with Crippen molar-refractivity contribution in [2.24, 2.45) is 5.41 Å². The summed E-state index contributed by atoms with van der Waals surface area (Å²) in [6.07, 6.45) is 0.416. The van der Waals surface area contributed by atoms with Gasteiger partial charge in [-0.1, -0.05) is 51.1 Å². The first-order valence-corrected chi connectivity index (χ1v) is 9.31. The van der Waals surface area contributed by atoms with Crippen molar-refractivity contribution in [2.45, 2.75) is 65.5 Å². The topological polar surface area (TPSA) is 58.6 Å². The number of nitrogens with zero attached hydrogens (tertiary/aromatic N) is 1. The van der Waals surface area contributed by atoms with Gasteiger partial charge in [0.05, 0.1) is 0 Å². The van der Waals surface area contributed by atoms with Crippen LogP contribution < -0.4 is 5.32 Å². The van der Waals surface area contributed by atoms with E-state index >= 15 is 0 Å². The van der Waals surface area contributed by atoms with Crippen molar-refractivity contribution in [3.8, 4) is 0 Å². The zero-order valence-electron chi connectivity index (χ0n) is 16.8. The molecule has 1 aromatic carbocycles. The lowest BCUT2D eigenvalue weighted by Gasteiger charge is -2.40. The van der Waals surface area contributed by atoms with Crippen LogP contribution >= 0.6 is 0 Å². The molecule has 5 nitrogen and oxygen atoms in total. The molecule has 2 unspecified atom stereocenters. The Bertz CT molecular complexity index is 629. The van der Waals surface area contributed by atoms with Gasteiger partial charge in [-0.2, -0.15) is 0 Å². The fourth-order valence-corrected chi connectivity index (χ4v) is 3.04. The third-order valence-electron chi connectivity index (χ3n) is 4.49. The number of hydrogen-bond donors (Lipinski definition) is 1. The molecule has 2 amide bonds. The van der Waals surface area contributed by atoms with E-state index < -0.39 is 11.0 Å². The quantitative estimate of drug-likeness (QED) is 0.869. The second-order valence-electron chi connectivity index (χ2n) is 9.06. The first-order chi connectivity index (χ1) is 12.0. The minimum Gasteiger partial charge on any atom is -0.444 e. The van der Waals surface area contributed by atoms with Crippen LogP contribution in [0.4, 0.5) is 4.79 Å². The fourth-order valence-electron chi connectivity index (χ4n) is 3.04. The summed E-state index contributed by atoms with van der Waals surface area (Å²) in [5.74, 6) is 0.0814. The summed E-state index contributed by atoms with van der Waals surface area (Å²) in [5, 5.41) is 3.20. The van der Waals surface area contributed by atoms with E-state index in [4.69, 9.17) is 4.74 Å². The van der Waals surface area contributed by atoms with Gasteiger partial charge in [0.15, 0.2) is 0 Å². The second kappa shape index (κ2) is 7.68. The molecule has 1 saturated heterocycles. The summed E-state index contributed by atoms with van der Waals surface area (Å²) in [5.41, 5.74) is 0.167. The summed E-state index contributed by atoms with van der Waals surface area (Å²) in [6.45, 7) is 12.5. The molecule has 1 aromatic rings. The summed E-state index contributed by atoms with van der Waals surface area (Å²) in [6, 6.07) is 10.1. The lowest BCUT2D eigenvalue weighted by molar-refractivity contribution is -0.129. The molecule has 0 radical (unpaired) electrons. The average Bonchev–Trinajstić information content (AvgIpc) is 2.53. The monoisotopic (exact) mass is 360 g/mol. The minimum atomic E-state index is -0.517. The van der Waals surface area contributed by atoms with E-state index in [0.717, 1.165) is 5.56 Å². The Hall–Kier alpha value is -2.04. The molecular formula is C21H32N2O3. The van der Waals surface area contributed by atoms with Gasteiger partial charge in [-0.25, -0.2) is 4.79 Å². The minimum absolute atomic E-state index is 0.00260. The van der Waals surface area contributed by atoms with Crippen molar-refractivity contribution in [3.63, 3.8) is 0 Å². The molecule has 5 heteroatoms. The average molecular weight is 360 g/mol. The van der Waals surface area contributed by atoms with Crippen molar-refractivity contribution < 1.29 is 14.3 Å². The third kappa shape index (κ3) is 5.48. The van der Waals surface area contributed by atoms with Gasteiger partial charge in [0.1, 0.15) is 5.60 Å². The Morgan fingerprint density at radius 1 is 1.08 bits per heavy atom. The summed E-state index contributed by atoms with van der Waals surface area (Å²) in [7, 11) is 0. The zero-order chi connectivity index (χ0) is 19.5. The molecule has 2 atom stereocenters. The Morgan fingerprint density at radius 2 is 1.69 bits per heavy atom. The second-order valence-corrected chi connectivity index (χ2v) is 9.06. The molecule has 0 saturated carbocycles. The van der Waals surface area contributed by atoms with Crippen LogP contribution in [0.15, 0.2) is 30.3 Å². The number of benzene rings is 1. The van der Waals surface area contributed by atoms with Crippen LogP contribution in [0.2, 0.25) is 0 Å². The largest absolute Gasteiger partial charge is 0.444 e. The first kappa shape index (κ1) is 20.3. The van der Waals surface area contributed by atoms with Crippen LogP contribution in [-0.2, 0) is 9.53 Å². The highest BCUT2D eigenvalue weighted by Crippen LogP contribution is 2.29. The zero-order valence-corrected chi connectivity index (χ0v) is 16.8. The maximum absolute atomic E-state index is 12.5. The van der Waals surface area contributed by atoms with E-state index in [1.54, 1.807) is 4.90 Å². The van der Waals surface area contributed by atoms with E-state index in [2.05, 4.69) is 17.4 Å². The molecule has 1 aliphatic rings. The van der Waals surface area contributed by atoms with E-state index in [-0.39, 0.29) is 24.0 Å². The van der Waals surface area contributed by atoms with Crippen LogP contribution in [0.5, 0.6) is 0 Å². The molecule has 26 heavy (non-hydrogen) atoms. The van der Waals surface area contributed by atoms with Gasteiger partial charge in [-0.05, 0) is 32.8 Å². The van der Waals surface area contributed by atoms with E-state index in [1.807, 2.05) is 59.7 Å². The number of piperidine rings is 1. The van der Waals surface area contributed by atoms with Gasteiger partial charge in [-0.3, -0.25) is 4.79 Å². The Morgan fingerprint density at radius 3 is 2.23 bits per heavy atom. The smallest absolute Gasteiger partial charge is 0.410 e. The number of carbonyl (C=O) groups excluding carboxylic acids is 2. The van der Waals surface area contributed by atoms with Crippen molar-refractivity contribution >= 4 is 12.0 Å². The maximum atomic E-state index is 12.5. The van der Waals surface area contributed by atoms with Crippen molar-refractivity contribution in [1.82, 2.24) is 10.2 Å². The van der Waals surface area contributed by atoms with Crippen molar-refractivity contribution in [3.05, 3.63) is 35.9 Å². The van der Waals surface area contributed by atoms with Crippen LogP contribution in [0.3, 0.4) is 0 Å². The highest BCUT2D eigenvalue weighted by Gasteiger charge is 2.36. The standard InChI is InChI=1S/C21H32N2O3/c1-20(2,3)18(24)22-17-12-13-23(19(25)26-21(4,5)6)14-16(17)15-10-8-7-9-11-15/h7-11,16-17H,12-14H2,1-6H3,(H,22,24). The Kier molecular flexibility index (Phi) is 5.99. The molecule has 1 heterocycles. The van der Waals surface area contributed by atoms with Gasteiger partial charge < -0.3 is 15.0 Å². The van der Waals surface area contributed by atoms with E-state index in [9.17, 15) is 9.59 Å². The van der Waals surface area contributed by atoms with E-state index in [0.29, 0.717) is 19.5 Å². The van der Waals surface area contributed by atoms with Crippen molar-refractivity contribution in [1.29, 1.82) is 0 Å². The predicted octanol–water partition coefficient (Wildman–Crippen LogP) is 3.94. The van der Waals surface area contributed by atoms with Gasteiger partial charge in [0, 0.05) is 30.5 Å². The molecule has 0 bridgehead atoms. The number of carbonyl (C=O) groups is 2. The third-order valence-corrected chi connectivity index (χ3v) is 4.49. The molecule has 1 N–H and O–H groups in total. The molecule has 1 aliphatic heterocycles. The Balaban J connectivity index is 2.18. The molecular weight excluding hydrogens is 328 g/mol. The van der Waals surface area contributed by atoms with Gasteiger partial charge in [0.25, 0.3) is 0 Å². The highest BCUT2D eigenvalue weighted by molar-refractivity contribution is 5.81. The van der Waals surface area contributed by atoms with Crippen LogP contribution in [-0.4, -0.2) is 41.6 Å². The van der Waals surface area contributed by atoms with Gasteiger partial charge in [-0.15, -0.1) is 0 Å². The molecule has 2 rings (SSSR count). The Labute approximate surface area is 157 Å². The van der Waals surface area contributed by atoms with Crippen LogP contribution in [0.1, 0.15) is 59.4 Å². The molecule has 0 aromatic heterocycles. The number of nitrogens with one attached hydrogen (secondary N) is 1. The lowest BCUT2D eigenvalue weighted by atomic mass is 9.85. The normalized spacial score (nSPS) is 21.2. The number of likely N-dealkylation sites (tertiary alicyclic amines) is 1. The first-order valence-electron chi connectivity index (χ1n) is 9.31. The summed E-state index contributed by atoms with van der Waals surface area (Å²) in [4.78, 5) is 26.7. The molecule has 0 spiro atoms. The van der Waals surface area contributed by atoms with E-state index in [1.165, 1.54) is 0 Å². The van der Waals surface area contributed by atoms with Gasteiger partial charge in [0.2, 0.25) is 5.91 Å². The van der Waals surface area contributed by atoms with Crippen LogP contribution in [0, 0.1) is 5.41 Å². The summed E-state index contributed by atoms with van der Waals surface area (Å²) >= 11 is 0. The SMILES string of the molecule is CC(C)(C)OC(=O)N1CCC(NC(=O)C(C)(C)C)C(c2ccccc2)C1. The maximum Gasteiger partial charge on any atom is 0.410 e. The van der Waals surface area contributed by atoms with Crippen LogP contribution in [0.25, 0.3) is 0 Å². The van der Waals surface area contributed by atoms with Gasteiger partial charge >= 0.3 is 6.09 Å². The molecule has 0 aliphatic carbocycles. The lowest BCUT2D eigenvalue weighted by Crippen LogP contribution is -2.53. The predicted molar refractivity (Wildman–Crippen MR) is 103 cm³/mol.